The van der Waals surface area contributed by atoms with Crippen LogP contribution in [-0.2, 0) is 9.53 Å². The zero-order valence-corrected chi connectivity index (χ0v) is 14.4. The number of anilines is 1. The average Bonchev–Trinajstić information content (AvgIpc) is 3.11. The lowest BCUT2D eigenvalue weighted by molar-refractivity contribution is -0.130. The lowest BCUT2D eigenvalue weighted by Gasteiger charge is -2.35. The van der Waals surface area contributed by atoms with Crippen LogP contribution < -0.4 is 10.6 Å². The predicted molar refractivity (Wildman–Crippen MR) is 93.6 cm³/mol. The quantitative estimate of drug-likeness (QED) is 0.856. The Hall–Kier alpha value is -1.96. The third kappa shape index (κ3) is 3.92. The minimum absolute atomic E-state index is 0. The molecule has 130 valence electrons. The van der Waals surface area contributed by atoms with Crippen molar-refractivity contribution < 1.29 is 9.53 Å². The fraction of sp³-hybridized carbons (Fsp3) is 0.438. The molecule has 2 heterocycles. The number of nitrogens with zero attached hydrogens (tertiary/aromatic N) is 3. The summed E-state index contributed by atoms with van der Waals surface area (Å²) in [5.74, 6) is 0.0226. The van der Waals surface area contributed by atoms with Gasteiger partial charge in [-0.1, -0.05) is 5.21 Å². The molecule has 1 fully saturated rings. The van der Waals surface area contributed by atoms with Crippen molar-refractivity contribution in [1.29, 1.82) is 0 Å². The lowest BCUT2D eigenvalue weighted by Crippen LogP contribution is -2.47. The molecule has 1 amide bonds. The number of nitrogens with one attached hydrogen (secondary N) is 2. The summed E-state index contributed by atoms with van der Waals surface area (Å²) in [6, 6.07) is 7.54. The number of rotatable bonds is 5. The third-order valence-corrected chi connectivity index (χ3v) is 4.28. The molecule has 1 aromatic heterocycles. The fourth-order valence-corrected chi connectivity index (χ4v) is 2.93. The van der Waals surface area contributed by atoms with Crippen LogP contribution in [-0.4, -0.2) is 47.7 Å². The number of carbonyl (C=O) groups is 1. The van der Waals surface area contributed by atoms with Crippen LogP contribution in [0.5, 0.6) is 0 Å². The van der Waals surface area contributed by atoms with Crippen molar-refractivity contribution in [1.82, 2.24) is 20.3 Å². The first-order chi connectivity index (χ1) is 11.2. The molecule has 1 aliphatic rings. The van der Waals surface area contributed by atoms with Crippen LogP contribution in [0.25, 0.3) is 5.69 Å². The SMILES string of the molecule is COCC1(C(=O)Nc2ccc(-n3ccnn3)cc2)CCNCC1.Cl. The van der Waals surface area contributed by atoms with E-state index >= 15 is 0 Å². The molecule has 8 heteroatoms. The molecule has 0 bridgehead atoms. The second-order valence-electron chi connectivity index (χ2n) is 5.81. The Balaban J connectivity index is 0.00000208. The van der Waals surface area contributed by atoms with Crippen LogP contribution in [0.4, 0.5) is 5.69 Å². The number of halogens is 1. The predicted octanol–water partition coefficient (Wildman–Crippen LogP) is 1.64. The molecule has 2 N–H and O–H groups in total. The highest BCUT2D eigenvalue weighted by molar-refractivity contribution is 5.95. The van der Waals surface area contributed by atoms with Gasteiger partial charge in [0.25, 0.3) is 0 Å². The number of hydrogen-bond acceptors (Lipinski definition) is 5. The highest BCUT2D eigenvalue weighted by atomic mass is 35.5. The zero-order chi connectivity index (χ0) is 16.1. The van der Waals surface area contributed by atoms with Crippen molar-refractivity contribution in [3.8, 4) is 5.69 Å². The maximum Gasteiger partial charge on any atom is 0.233 e. The Labute approximate surface area is 147 Å². The van der Waals surface area contributed by atoms with Crippen molar-refractivity contribution in [2.75, 3.05) is 32.1 Å². The van der Waals surface area contributed by atoms with E-state index in [1.165, 1.54) is 0 Å². The van der Waals surface area contributed by atoms with E-state index in [9.17, 15) is 4.79 Å². The second kappa shape index (κ2) is 8.23. The van der Waals surface area contributed by atoms with Gasteiger partial charge in [-0.15, -0.1) is 17.5 Å². The van der Waals surface area contributed by atoms with E-state index < -0.39 is 5.41 Å². The van der Waals surface area contributed by atoms with Gasteiger partial charge in [-0.25, -0.2) is 4.68 Å². The number of aromatic nitrogens is 3. The molecule has 0 radical (unpaired) electrons. The van der Waals surface area contributed by atoms with Gasteiger partial charge in [-0.3, -0.25) is 4.79 Å². The largest absolute Gasteiger partial charge is 0.384 e. The van der Waals surface area contributed by atoms with Gasteiger partial charge >= 0.3 is 0 Å². The van der Waals surface area contributed by atoms with E-state index in [1.54, 1.807) is 24.2 Å². The van der Waals surface area contributed by atoms with Gasteiger partial charge in [-0.05, 0) is 50.2 Å². The van der Waals surface area contributed by atoms with Crippen LogP contribution in [0.2, 0.25) is 0 Å². The maximum absolute atomic E-state index is 12.7. The van der Waals surface area contributed by atoms with Gasteiger partial charge in [0.15, 0.2) is 0 Å². The minimum atomic E-state index is -0.454. The molecule has 0 aliphatic carbocycles. The summed E-state index contributed by atoms with van der Waals surface area (Å²) in [5.41, 5.74) is 1.21. The minimum Gasteiger partial charge on any atom is -0.384 e. The molecule has 0 spiro atoms. The molecule has 1 aromatic carbocycles. The fourth-order valence-electron chi connectivity index (χ4n) is 2.93. The van der Waals surface area contributed by atoms with Gasteiger partial charge in [0.1, 0.15) is 0 Å². The number of ether oxygens (including phenoxy) is 1. The third-order valence-electron chi connectivity index (χ3n) is 4.28. The summed E-state index contributed by atoms with van der Waals surface area (Å²) >= 11 is 0. The topological polar surface area (TPSA) is 81.1 Å². The highest BCUT2D eigenvalue weighted by Gasteiger charge is 2.39. The molecule has 24 heavy (non-hydrogen) atoms. The number of benzene rings is 1. The smallest absolute Gasteiger partial charge is 0.233 e. The summed E-state index contributed by atoms with van der Waals surface area (Å²) in [4.78, 5) is 12.7. The Morgan fingerprint density at radius 1 is 1.33 bits per heavy atom. The summed E-state index contributed by atoms with van der Waals surface area (Å²) in [6.07, 6.45) is 4.96. The van der Waals surface area contributed by atoms with Crippen molar-refractivity contribution in [3.63, 3.8) is 0 Å². The Morgan fingerprint density at radius 2 is 2.04 bits per heavy atom. The van der Waals surface area contributed by atoms with E-state index in [0.29, 0.717) is 6.61 Å². The monoisotopic (exact) mass is 351 g/mol. The highest BCUT2D eigenvalue weighted by Crippen LogP contribution is 2.31. The van der Waals surface area contributed by atoms with Crippen molar-refractivity contribution in [2.24, 2.45) is 5.41 Å². The Morgan fingerprint density at radius 3 is 2.62 bits per heavy atom. The van der Waals surface area contributed by atoms with Crippen LogP contribution in [0, 0.1) is 5.41 Å². The molecule has 1 aliphatic heterocycles. The average molecular weight is 352 g/mol. The first-order valence-corrected chi connectivity index (χ1v) is 7.71. The Bertz CT molecular complexity index is 633. The summed E-state index contributed by atoms with van der Waals surface area (Å²) in [5, 5.41) is 14.0. The maximum atomic E-state index is 12.7. The van der Waals surface area contributed by atoms with Crippen LogP contribution in [0.3, 0.4) is 0 Å². The van der Waals surface area contributed by atoms with Crippen LogP contribution in [0.15, 0.2) is 36.7 Å². The second-order valence-corrected chi connectivity index (χ2v) is 5.81. The van der Waals surface area contributed by atoms with Crippen LogP contribution in [0.1, 0.15) is 12.8 Å². The number of amides is 1. The van der Waals surface area contributed by atoms with E-state index in [2.05, 4.69) is 20.9 Å². The lowest BCUT2D eigenvalue weighted by atomic mass is 9.78. The number of piperidine rings is 1. The molecule has 0 saturated carbocycles. The summed E-state index contributed by atoms with van der Waals surface area (Å²) in [6.45, 7) is 2.11. The molecule has 0 unspecified atom stereocenters. The summed E-state index contributed by atoms with van der Waals surface area (Å²) < 4.78 is 6.98. The van der Waals surface area contributed by atoms with Gasteiger partial charge in [0, 0.05) is 12.8 Å². The molecule has 2 aromatic rings. The zero-order valence-electron chi connectivity index (χ0n) is 13.6. The first kappa shape index (κ1) is 18.4. The molecule has 7 nitrogen and oxygen atoms in total. The summed E-state index contributed by atoms with van der Waals surface area (Å²) in [7, 11) is 1.64. The number of hydrogen-bond donors (Lipinski definition) is 2. The van der Waals surface area contributed by atoms with Crippen LogP contribution >= 0.6 is 12.4 Å². The molecule has 3 rings (SSSR count). The van der Waals surface area contributed by atoms with Gasteiger partial charge < -0.3 is 15.4 Å². The van der Waals surface area contributed by atoms with Crippen molar-refractivity contribution in [3.05, 3.63) is 36.7 Å². The molecule has 0 atom stereocenters. The van der Waals surface area contributed by atoms with Gasteiger partial charge in [0.05, 0.1) is 30.1 Å². The molecular weight excluding hydrogens is 330 g/mol. The van der Waals surface area contributed by atoms with E-state index in [-0.39, 0.29) is 18.3 Å². The van der Waals surface area contributed by atoms with Gasteiger partial charge in [-0.2, -0.15) is 0 Å². The van der Waals surface area contributed by atoms with Crippen molar-refractivity contribution in [2.45, 2.75) is 12.8 Å². The number of carbonyl (C=O) groups excluding carboxylic acids is 1. The standard InChI is InChI=1S/C16H21N5O2.ClH/c1-23-12-16(6-8-17-9-7-16)15(22)19-13-2-4-14(5-3-13)21-11-10-18-20-21;/h2-5,10-11,17H,6-9,12H2,1H3,(H,19,22);1H. The Kier molecular flexibility index (Phi) is 6.30. The van der Waals surface area contributed by atoms with E-state index in [1.807, 2.05) is 24.3 Å². The van der Waals surface area contributed by atoms with Crippen molar-refractivity contribution >= 4 is 24.0 Å². The first-order valence-electron chi connectivity index (χ1n) is 7.71. The van der Waals surface area contributed by atoms with E-state index in [4.69, 9.17) is 4.74 Å². The molecular formula is C16H22ClN5O2. The number of methoxy groups -OCH3 is 1. The van der Waals surface area contributed by atoms with Gasteiger partial charge in [0.2, 0.25) is 5.91 Å². The molecule has 1 saturated heterocycles. The van der Waals surface area contributed by atoms with E-state index in [0.717, 1.165) is 37.3 Å². The normalized spacial score (nSPS) is 16.2.